The third-order valence-corrected chi connectivity index (χ3v) is 5.56. The van der Waals surface area contributed by atoms with Gasteiger partial charge in [-0.15, -0.1) is 0 Å². The third-order valence-electron chi connectivity index (χ3n) is 5.56. The summed E-state index contributed by atoms with van der Waals surface area (Å²) < 4.78 is 10.8. The van der Waals surface area contributed by atoms with Gasteiger partial charge in [0.15, 0.2) is 11.5 Å². The molecule has 1 aliphatic carbocycles. The van der Waals surface area contributed by atoms with Crippen molar-refractivity contribution in [1.29, 1.82) is 0 Å². The quantitative estimate of drug-likeness (QED) is 0.801. The number of nitrogens with one attached hydrogen (secondary N) is 2. The standard InChI is InChI=1S/C20H27N3O4/c1-26-16-8-6-14(12-17(16)27-2)20(10-4-3-5-11-20)13-21-19(25)15-7-9-18(24)23-22-15/h6,8,12H,3-5,7,9-11,13H2,1-2H3,(H,21,25)(H,23,24). The molecule has 2 amide bonds. The van der Waals surface area contributed by atoms with Crippen LogP contribution in [0.4, 0.5) is 0 Å². The van der Waals surface area contributed by atoms with Crippen LogP contribution < -0.4 is 20.2 Å². The van der Waals surface area contributed by atoms with Gasteiger partial charge >= 0.3 is 0 Å². The minimum atomic E-state index is -0.208. The number of methoxy groups -OCH3 is 2. The number of carbonyl (C=O) groups is 2. The van der Waals surface area contributed by atoms with Gasteiger partial charge in [-0.25, -0.2) is 5.43 Å². The van der Waals surface area contributed by atoms with Crippen LogP contribution in [0, 0.1) is 0 Å². The molecule has 0 aromatic heterocycles. The topological polar surface area (TPSA) is 89.0 Å². The maximum atomic E-state index is 12.5. The number of benzene rings is 1. The Hall–Kier alpha value is -2.57. The zero-order chi connectivity index (χ0) is 19.3. The Balaban J connectivity index is 1.79. The van der Waals surface area contributed by atoms with E-state index in [4.69, 9.17) is 9.47 Å². The van der Waals surface area contributed by atoms with E-state index in [-0.39, 0.29) is 17.2 Å². The van der Waals surface area contributed by atoms with Crippen LogP contribution in [0.25, 0.3) is 0 Å². The van der Waals surface area contributed by atoms with Gasteiger partial charge in [0.2, 0.25) is 5.91 Å². The minimum absolute atomic E-state index is 0.133. The highest BCUT2D eigenvalue weighted by Crippen LogP contribution is 2.42. The van der Waals surface area contributed by atoms with Crippen molar-refractivity contribution in [2.45, 2.75) is 50.4 Å². The summed E-state index contributed by atoms with van der Waals surface area (Å²) in [4.78, 5) is 23.7. The first kappa shape index (κ1) is 19.2. The van der Waals surface area contributed by atoms with E-state index in [0.717, 1.165) is 31.2 Å². The number of ether oxygens (including phenoxy) is 2. The van der Waals surface area contributed by atoms with Gasteiger partial charge in [-0.2, -0.15) is 5.10 Å². The summed E-state index contributed by atoms with van der Waals surface area (Å²) >= 11 is 0. The second-order valence-corrected chi connectivity index (χ2v) is 7.19. The first-order valence-corrected chi connectivity index (χ1v) is 9.44. The molecular weight excluding hydrogens is 346 g/mol. The average Bonchev–Trinajstić information content (AvgIpc) is 2.72. The van der Waals surface area contributed by atoms with Gasteiger partial charge in [-0.1, -0.05) is 25.3 Å². The Morgan fingerprint density at radius 2 is 1.89 bits per heavy atom. The van der Waals surface area contributed by atoms with E-state index in [1.807, 2.05) is 12.1 Å². The lowest BCUT2D eigenvalue weighted by Gasteiger charge is -2.38. The van der Waals surface area contributed by atoms with Crippen LogP contribution in [0.3, 0.4) is 0 Å². The first-order valence-electron chi connectivity index (χ1n) is 9.44. The van der Waals surface area contributed by atoms with Crippen molar-refractivity contribution < 1.29 is 19.1 Å². The maximum absolute atomic E-state index is 12.5. The van der Waals surface area contributed by atoms with Gasteiger partial charge in [0.05, 0.1) is 14.2 Å². The SMILES string of the molecule is COc1ccc(C2(CNC(=O)C3=NNC(=O)CC3)CCCCC2)cc1OC. The Bertz CT molecular complexity index is 739. The van der Waals surface area contributed by atoms with E-state index in [0.29, 0.717) is 36.6 Å². The van der Waals surface area contributed by atoms with E-state index in [1.54, 1.807) is 14.2 Å². The van der Waals surface area contributed by atoms with Crippen LogP contribution in [0.2, 0.25) is 0 Å². The fourth-order valence-corrected chi connectivity index (χ4v) is 3.95. The van der Waals surface area contributed by atoms with Gasteiger partial charge in [0.25, 0.3) is 5.91 Å². The lowest BCUT2D eigenvalue weighted by Crippen LogP contribution is -2.45. The van der Waals surface area contributed by atoms with Crippen molar-refractivity contribution in [3.63, 3.8) is 0 Å². The van der Waals surface area contributed by atoms with Crippen LogP contribution >= 0.6 is 0 Å². The summed E-state index contributed by atoms with van der Waals surface area (Å²) in [7, 11) is 3.25. The number of hydrogen-bond donors (Lipinski definition) is 2. The predicted octanol–water partition coefficient (Wildman–Crippen LogP) is 2.29. The Kier molecular flexibility index (Phi) is 5.98. The molecule has 0 bridgehead atoms. The second-order valence-electron chi connectivity index (χ2n) is 7.19. The molecule has 1 aromatic carbocycles. The summed E-state index contributed by atoms with van der Waals surface area (Å²) in [5.41, 5.74) is 3.78. The van der Waals surface area contributed by atoms with E-state index in [1.165, 1.54) is 6.42 Å². The average molecular weight is 373 g/mol. The summed E-state index contributed by atoms with van der Waals surface area (Å²) in [5.74, 6) is 1.04. The van der Waals surface area contributed by atoms with Crippen molar-refractivity contribution in [2.24, 2.45) is 5.10 Å². The van der Waals surface area contributed by atoms with Crippen LogP contribution in [0.15, 0.2) is 23.3 Å². The molecule has 1 heterocycles. The molecule has 27 heavy (non-hydrogen) atoms. The fourth-order valence-electron chi connectivity index (χ4n) is 3.95. The molecule has 146 valence electrons. The van der Waals surface area contributed by atoms with Gasteiger partial charge < -0.3 is 14.8 Å². The van der Waals surface area contributed by atoms with Crippen LogP contribution in [-0.4, -0.2) is 38.3 Å². The Morgan fingerprint density at radius 1 is 1.15 bits per heavy atom. The predicted molar refractivity (Wildman–Crippen MR) is 102 cm³/mol. The zero-order valence-electron chi connectivity index (χ0n) is 16.0. The molecule has 0 unspecified atom stereocenters. The van der Waals surface area contributed by atoms with E-state index >= 15 is 0 Å². The molecule has 0 spiro atoms. The highest BCUT2D eigenvalue weighted by molar-refractivity contribution is 6.39. The number of carbonyl (C=O) groups excluding carboxylic acids is 2. The highest BCUT2D eigenvalue weighted by Gasteiger charge is 2.35. The third kappa shape index (κ3) is 4.23. The number of rotatable bonds is 6. The molecule has 7 nitrogen and oxygen atoms in total. The molecule has 0 saturated heterocycles. The van der Waals surface area contributed by atoms with Crippen LogP contribution in [0.5, 0.6) is 11.5 Å². The molecule has 3 rings (SSSR count). The Labute approximate surface area is 159 Å². The summed E-state index contributed by atoms with van der Waals surface area (Å²) in [6.07, 6.45) is 6.15. The highest BCUT2D eigenvalue weighted by atomic mass is 16.5. The molecule has 1 aromatic rings. The van der Waals surface area contributed by atoms with Gasteiger partial charge in [0, 0.05) is 24.8 Å². The number of amides is 2. The van der Waals surface area contributed by atoms with Crippen molar-refractivity contribution in [3.8, 4) is 11.5 Å². The normalized spacial score (nSPS) is 18.9. The minimum Gasteiger partial charge on any atom is -0.493 e. The molecule has 2 aliphatic rings. The van der Waals surface area contributed by atoms with Crippen molar-refractivity contribution in [3.05, 3.63) is 23.8 Å². The monoisotopic (exact) mass is 373 g/mol. The number of nitrogens with zero attached hydrogens (tertiary/aromatic N) is 1. The van der Waals surface area contributed by atoms with Crippen LogP contribution in [0.1, 0.15) is 50.5 Å². The van der Waals surface area contributed by atoms with E-state index < -0.39 is 0 Å². The van der Waals surface area contributed by atoms with E-state index in [9.17, 15) is 9.59 Å². The molecule has 1 saturated carbocycles. The van der Waals surface area contributed by atoms with Crippen molar-refractivity contribution in [2.75, 3.05) is 20.8 Å². The lowest BCUT2D eigenvalue weighted by molar-refractivity contribution is -0.121. The molecule has 7 heteroatoms. The largest absolute Gasteiger partial charge is 0.493 e. The maximum Gasteiger partial charge on any atom is 0.267 e. The van der Waals surface area contributed by atoms with Gasteiger partial charge in [0.1, 0.15) is 5.71 Å². The number of hydrogen-bond acceptors (Lipinski definition) is 5. The van der Waals surface area contributed by atoms with Crippen molar-refractivity contribution in [1.82, 2.24) is 10.7 Å². The molecule has 2 N–H and O–H groups in total. The fraction of sp³-hybridized carbons (Fsp3) is 0.550. The number of hydrazone groups is 1. The molecular formula is C20H27N3O4. The first-order chi connectivity index (χ1) is 13.1. The van der Waals surface area contributed by atoms with Gasteiger partial charge in [-0.3, -0.25) is 9.59 Å². The molecule has 0 radical (unpaired) electrons. The Morgan fingerprint density at radius 3 is 2.52 bits per heavy atom. The zero-order valence-corrected chi connectivity index (χ0v) is 16.0. The summed E-state index contributed by atoms with van der Waals surface area (Å²) in [5, 5.41) is 6.94. The van der Waals surface area contributed by atoms with Crippen LogP contribution in [-0.2, 0) is 15.0 Å². The second kappa shape index (κ2) is 8.41. The lowest BCUT2D eigenvalue weighted by atomic mass is 9.69. The summed E-state index contributed by atoms with van der Waals surface area (Å²) in [6, 6.07) is 6.01. The smallest absolute Gasteiger partial charge is 0.267 e. The molecule has 1 aliphatic heterocycles. The molecule has 1 fully saturated rings. The summed E-state index contributed by atoms with van der Waals surface area (Å²) in [6.45, 7) is 0.536. The molecule has 0 atom stereocenters. The van der Waals surface area contributed by atoms with Crippen molar-refractivity contribution >= 4 is 17.5 Å². The van der Waals surface area contributed by atoms with E-state index in [2.05, 4.69) is 21.9 Å². The van der Waals surface area contributed by atoms with Gasteiger partial charge in [-0.05, 0) is 30.5 Å².